The van der Waals surface area contributed by atoms with Gasteiger partial charge in [0.15, 0.2) is 0 Å². The molecule has 0 aliphatic heterocycles. The summed E-state index contributed by atoms with van der Waals surface area (Å²) in [7, 11) is 1.56. The molecule has 1 N–H and O–H groups in total. The third kappa shape index (κ3) is 3.70. The largest absolute Gasteiger partial charge is 0.497 e. The molecule has 132 valence electrons. The molecule has 2 aromatic carbocycles. The van der Waals surface area contributed by atoms with Gasteiger partial charge in [0.2, 0.25) is 0 Å². The number of hydrogen-bond donors (Lipinski definition) is 1. The van der Waals surface area contributed by atoms with Crippen molar-refractivity contribution in [3.63, 3.8) is 0 Å². The second kappa shape index (κ2) is 7.32. The Hall–Kier alpha value is -3.26. The van der Waals surface area contributed by atoms with Crippen LogP contribution >= 0.6 is 11.3 Å². The SMILES string of the molecule is COc1cccc(NC(=O)c2sc(C)nc2-c2ccc([N+](=O)[O-])cc2)c1. The van der Waals surface area contributed by atoms with Crippen LogP contribution in [0.4, 0.5) is 11.4 Å². The number of carbonyl (C=O) groups excluding carboxylic acids is 1. The quantitative estimate of drug-likeness (QED) is 0.535. The van der Waals surface area contributed by atoms with E-state index >= 15 is 0 Å². The molecule has 0 unspecified atom stereocenters. The number of nitrogens with zero attached hydrogens (tertiary/aromatic N) is 2. The minimum absolute atomic E-state index is 0.0110. The van der Waals surface area contributed by atoms with E-state index in [1.165, 1.54) is 23.5 Å². The molecule has 3 rings (SSSR count). The Morgan fingerprint density at radius 3 is 2.62 bits per heavy atom. The topological polar surface area (TPSA) is 94.4 Å². The van der Waals surface area contributed by atoms with Crippen molar-refractivity contribution in [3.8, 4) is 17.0 Å². The van der Waals surface area contributed by atoms with Crippen LogP contribution in [0.1, 0.15) is 14.7 Å². The predicted molar refractivity (Wildman–Crippen MR) is 99.9 cm³/mol. The van der Waals surface area contributed by atoms with Crippen molar-refractivity contribution in [2.45, 2.75) is 6.92 Å². The van der Waals surface area contributed by atoms with Crippen LogP contribution in [0.25, 0.3) is 11.3 Å². The molecule has 0 radical (unpaired) electrons. The number of anilines is 1. The van der Waals surface area contributed by atoms with Gasteiger partial charge in [-0.25, -0.2) is 4.98 Å². The number of non-ortho nitro benzene ring substituents is 1. The van der Waals surface area contributed by atoms with Crippen molar-refractivity contribution in [2.75, 3.05) is 12.4 Å². The number of nitrogens with one attached hydrogen (secondary N) is 1. The van der Waals surface area contributed by atoms with E-state index in [9.17, 15) is 14.9 Å². The fraction of sp³-hybridized carbons (Fsp3) is 0.111. The highest BCUT2D eigenvalue weighted by molar-refractivity contribution is 7.14. The van der Waals surface area contributed by atoms with Crippen molar-refractivity contribution in [2.24, 2.45) is 0 Å². The van der Waals surface area contributed by atoms with E-state index in [0.717, 1.165) is 5.01 Å². The standard InChI is InChI=1S/C18H15N3O4S/c1-11-19-16(12-6-8-14(9-7-12)21(23)24)17(26-11)18(22)20-13-4-3-5-15(10-13)25-2/h3-10H,1-2H3,(H,20,22). The number of carbonyl (C=O) groups is 1. The molecule has 7 nitrogen and oxygen atoms in total. The number of nitro benzene ring substituents is 1. The zero-order chi connectivity index (χ0) is 18.7. The molecule has 0 aliphatic carbocycles. The minimum atomic E-state index is -0.466. The molecule has 0 fully saturated rings. The van der Waals surface area contributed by atoms with Gasteiger partial charge in [-0.05, 0) is 31.2 Å². The molecular weight excluding hydrogens is 354 g/mol. The van der Waals surface area contributed by atoms with E-state index in [4.69, 9.17) is 4.74 Å². The smallest absolute Gasteiger partial charge is 0.269 e. The van der Waals surface area contributed by atoms with Crippen LogP contribution in [-0.4, -0.2) is 22.9 Å². The number of benzene rings is 2. The molecular formula is C18H15N3O4S. The monoisotopic (exact) mass is 369 g/mol. The normalized spacial score (nSPS) is 10.4. The molecule has 0 bridgehead atoms. The first kappa shape index (κ1) is 17.6. The molecule has 0 saturated carbocycles. The molecule has 1 aromatic heterocycles. The van der Waals surface area contributed by atoms with E-state index in [1.807, 2.05) is 6.92 Å². The van der Waals surface area contributed by atoms with Crippen LogP contribution in [-0.2, 0) is 0 Å². The first-order valence-electron chi connectivity index (χ1n) is 7.65. The highest BCUT2D eigenvalue weighted by Crippen LogP contribution is 2.30. The minimum Gasteiger partial charge on any atom is -0.497 e. The van der Waals surface area contributed by atoms with Gasteiger partial charge in [0.25, 0.3) is 11.6 Å². The van der Waals surface area contributed by atoms with Crippen LogP contribution in [0, 0.1) is 17.0 Å². The van der Waals surface area contributed by atoms with Gasteiger partial charge >= 0.3 is 0 Å². The van der Waals surface area contributed by atoms with E-state index in [-0.39, 0.29) is 11.6 Å². The van der Waals surface area contributed by atoms with Gasteiger partial charge in [0.1, 0.15) is 10.6 Å². The van der Waals surface area contributed by atoms with Gasteiger partial charge in [-0.3, -0.25) is 14.9 Å². The van der Waals surface area contributed by atoms with Crippen molar-refractivity contribution >= 4 is 28.6 Å². The number of ether oxygens (including phenoxy) is 1. The average Bonchev–Trinajstić information content (AvgIpc) is 3.04. The number of rotatable bonds is 5. The highest BCUT2D eigenvalue weighted by Gasteiger charge is 2.19. The van der Waals surface area contributed by atoms with Gasteiger partial charge in [-0.15, -0.1) is 11.3 Å². The number of amides is 1. The summed E-state index contributed by atoms with van der Waals surface area (Å²) in [6.45, 7) is 1.81. The molecule has 0 saturated heterocycles. The Kier molecular flexibility index (Phi) is 4.94. The molecule has 26 heavy (non-hydrogen) atoms. The summed E-state index contributed by atoms with van der Waals surface area (Å²) in [5.41, 5.74) is 1.75. The van der Waals surface area contributed by atoms with Crippen LogP contribution in [0.3, 0.4) is 0 Å². The first-order chi connectivity index (χ1) is 12.5. The van der Waals surface area contributed by atoms with E-state index in [0.29, 0.717) is 27.6 Å². The van der Waals surface area contributed by atoms with Gasteiger partial charge in [-0.2, -0.15) is 0 Å². The lowest BCUT2D eigenvalue weighted by Gasteiger charge is -2.07. The van der Waals surface area contributed by atoms with Crippen molar-refractivity contribution < 1.29 is 14.5 Å². The molecule has 3 aromatic rings. The van der Waals surface area contributed by atoms with Gasteiger partial charge in [0, 0.05) is 29.4 Å². The molecule has 1 heterocycles. The van der Waals surface area contributed by atoms with Crippen LogP contribution < -0.4 is 10.1 Å². The fourth-order valence-corrected chi connectivity index (χ4v) is 3.24. The lowest BCUT2D eigenvalue weighted by Crippen LogP contribution is -2.11. The lowest BCUT2D eigenvalue weighted by molar-refractivity contribution is -0.384. The van der Waals surface area contributed by atoms with Crippen LogP contribution in [0.5, 0.6) is 5.75 Å². The van der Waals surface area contributed by atoms with E-state index < -0.39 is 4.92 Å². The number of methoxy groups -OCH3 is 1. The second-order valence-corrected chi connectivity index (χ2v) is 6.60. The van der Waals surface area contributed by atoms with Gasteiger partial charge in [0.05, 0.1) is 22.7 Å². The summed E-state index contributed by atoms with van der Waals surface area (Å²) in [5.74, 6) is 0.344. The summed E-state index contributed by atoms with van der Waals surface area (Å²) in [4.78, 5) is 27.9. The maximum atomic E-state index is 12.7. The molecule has 8 heteroatoms. The third-order valence-electron chi connectivity index (χ3n) is 3.62. The maximum absolute atomic E-state index is 12.7. The summed E-state index contributed by atoms with van der Waals surface area (Å²) >= 11 is 1.27. The summed E-state index contributed by atoms with van der Waals surface area (Å²) in [6, 6.07) is 13.0. The first-order valence-corrected chi connectivity index (χ1v) is 8.47. The highest BCUT2D eigenvalue weighted by atomic mass is 32.1. The third-order valence-corrected chi connectivity index (χ3v) is 4.59. The zero-order valence-corrected chi connectivity index (χ0v) is 14.9. The summed E-state index contributed by atoms with van der Waals surface area (Å²) in [5, 5.41) is 14.4. The van der Waals surface area contributed by atoms with Gasteiger partial charge in [-0.1, -0.05) is 6.07 Å². The van der Waals surface area contributed by atoms with Crippen molar-refractivity contribution in [1.29, 1.82) is 0 Å². The lowest BCUT2D eigenvalue weighted by atomic mass is 10.1. The van der Waals surface area contributed by atoms with E-state index in [1.54, 1.807) is 43.5 Å². The Morgan fingerprint density at radius 2 is 1.96 bits per heavy atom. The summed E-state index contributed by atoms with van der Waals surface area (Å²) in [6.07, 6.45) is 0. The molecule has 0 spiro atoms. The van der Waals surface area contributed by atoms with Crippen molar-refractivity contribution in [1.82, 2.24) is 4.98 Å². The maximum Gasteiger partial charge on any atom is 0.269 e. The van der Waals surface area contributed by atoms with Crippen molar-refractivity contribution in [3.05, 3.63) is 68.5 Å². The van der Waals surface area contributed by atoms with Crippen LogP contribution in [0.2, 0.25) is 0 Å². The molecule has 1 amide bonds. The Labute approximate surface area is 153 Å². The Bertz CT molecular complexity index is 967. The van der Waals surface area contributed by atoms with Crippen LogP contribution in [0.15, 0.2) is 48.5 Å². The van der Waals surface area contributed by atoms with Gasteiger partial charge < -0.3 is 10.1 Å². The number of nitro groups is 1. The number of hydrogen-bond acceptors (Lipinski definition) is 6. The molecule has 0 atom stereocenters. The Morgan fingerprint density at radius 1 is 1.23 bits per heavy atom. The number of thiazole rings is 1. The molecule has 0 aliphatic rings. The summed E-state index contributed by atoms with van der Waals surface area (Å²) < 4.78 is 5.15. The van der Waals surface area contributed by atoms with E-state index in [2.05, 4.69) is 10.3 Å². The Balaban J connectivity index is 1.90. The fourth-order valence-electron chi connectivity index (χ4n) is 2.41. The number of aryl methyl sites for hydroxylation is 1. The second-order valence-electron chi connectivity index (χ2n) is 5.40. The predicted octanol–water partition coefficient (Wildman–Crippen LogP) is 4.29. The number of aromatic nitrogens is 1. The average molecular weight is 369 g/mol. The zero-order valence-electron chi connectivity index (χ0n) is 14.1.